The molecule has 0 spiro atoms. The summed E-state index contributed by atoms with van der Waals surface area (Å²) >= 11 is 1.02. The van der Waals surface area contributed by atoms with E-state index in [2.05, 4.69) is 14.7 Å². The van der Waals surface area contributed by atoms with Crippen LogP contribution in [0.3, 0.4) is 0 Å². The molecule has 0 bridgehead atoms. The Morgan fingerprint density at radius 2 is 1.73 bits per heavy atom. The van der Waals surface area contributed by atoms with Gasteiger partial charge >= 0.3 is 6.18 Å². The Labute approximate surface area is 128 Å². The molecule has 0 fully saturated rings. The molecule has 2 heterocycles. The number of nitrogens with one attached hydrogen (secondary N) is 1. The zero-order valence-electron chi connectivity index (χ0n) is 11.1. The predicted molar refractivity (Wildman–Crippen MR) is 80.5 cm³/mol. The van der Waals surface area contributed by atoms with Gasteiger partial charge in [0.1, 0.15) is 10.7 Å². The second-order valence-electron chi connectivity index (χ2n) is 4.44. The van der Waals surface area contributed by atoms with Gasteiger partial charge < -0.3 is 4.72 Å². The molecule has 112 valence electrons. The van der Waals surface area contributed by atoms with Crippen molar-refractivity contribution in [3.8, 4) is 0 Å². The molecule has 0 saturated heterocycles. The highest BCUT2D eigenvalue weighted by Gasteiger charge is 2.32. The molecular weight excluding hydrogens is 311 g/mol. The molecule has 1 N–H and O–H groups in total. The Hall–Kier alpha value is -2.28. The lowest BCUT2D eigenvalue weighted by molar-refractivity contribution is -0.141. The largest absolute Gasteiger partial charge is 0.433 e. The van der Waals surface area contributed by atoms with Gasteiger partial charge in [-0.05, 0) is 24.3 Å². The summed E-state index contributed by atoms with van der Waals surface area (Å²) < 4.78 is 40.9. The Morgan fingerprint density at radius 1 is 0.955 bits per heavy atom. The van der Waals surface area contributed by atoms with E-state index in [-0.39, 0.29) is 5.03 Å². The van der Waals surface area contributed by atoms with Crippen LogP contribution in [0.25, 0.3) is 10.9 Å². The number of para-hydroxylation sites is 1. The topological polar surface area (TPSA) is 37.8 Å². The van der Waals surface area contributed by atoms with Crippen LogP contribution in [-0.4, -0.2) is 9.97 Å². The van der Waals surface area contributed by atoms with Crippen molar-refractivity contribution in [1.82, 2.24) is 9.97 Å². The molecule has 3 aromatic rings. The summed E-state index contributed by atoms with van der Waals surface area (Å²) in [5.41, 5.74) is 0.571. The molecule has 0 aliphatic rings. The van der Waals surface area contributed by atoms with Gasteiger partial charge in [0.25, 0.3) is 0 Å². The number of benzene rings is 1. The lowest BCUT2D eigenvalue weighted by Gasteiger charge is -2.09. The van der Waals surface area contributed by atoms with Crippen molar-refractivity contribution in [2.75, 3.05) is 4.72 Å². The molecule has 3 rings (SSSR count). The number of pyridine rings is 2. The van der Waals surface area contributed by atoms with E-state index in [1.807, 2.05) is 30.3 Å². The molecule has 22 heavy (non-hydrogen) atoms. The van der Waals surface area contributed by atoms with Gasteiger partial charge in [0.2, 0.25) is 0 Å². The average molecular weight is 321 g/mol. The molecule has 0 atom stereocenters. The minimum atomic E-state index is -4.45. The minimum absolute atomic E-state index is 0.239. The van der Waals surface area contributed by atoms with E-state index in [1.54, 1.807) is 6.20 Å². The second-order valence-corrected chi connectivity index (χ2v) is 5.27. The number of aromatic nitrogens is 2. The molecular formula is C15H10F3N3S. The molecule has 0 radical (unpaired) electrons. The number of fused-ring (bicyclic) bond motifs is 1. The van der Waals surface area contributed by atoms with E-state index >= 15 is 0 Å². The quantitative estimate of drug-likeness (QED) is 0.705. The lowest BCUT2D eigenvalue weighted by atomic mass is 10.2. The van der Waals surface area contributed by atoms with Crippen molar-refractivity contribution in [3.63, 3.8) is 0 Å². The van der Waals surface area contributed by atoms with Crippen molar-refractivity contribution in [1.29, 1.82) is 0 Å². The zero-order chi connectivity index (χ0) is 15.6. The number of hydrogen-bond acceptors (Lipinski definition) is 4. The van der Waals surface area contributed by atoms with Crippen LogP contribution in [-0.2, 0) is 6.18 Å². The first-order valence-corrected chi connectivity index (χ1v) is 7.16. The van der Waals surface area contributed by atoms with Crippen LogP contribution in [0, 0.1) is 0 Å². The normalized spacial score (nSPS) is 11.6. The van der Waals surface area contributed by atoms with Crippen LogP contribution < -0.4 is 4.72 Å². The SMILES string of the molecule is FC(F)(F)c1cccc(SNc2cccc3cccnc23)n1. The maximum absolute atomic E-state index is 12.6. The smallest absolute Gasteiger partial charge is 0.322 e. The summed E-state index contributed by atoms with van der Waals surface area (Å²) in [6.45, 7) is 0. The zero-order valence-corrected chi connectivity index (χ0v) is 11.9. The Morgan fingerprint density at radius 3 is 2.55 bits per heavy atom. The number of rotatable bonds is 3. The third kappa shape index (κ3) is 3.14. The highest BCUT2D eigenvalue weighted by Crippen LogP contribution is 2.30. The first-order chi connectivity index (χ1) is 10.5. The van der Waals surface area contributed by atoms with E-state index in [0.29, 0.717) is 0 Å². The van der Waals surface area contributed by atoms with Gasteiger partial charge in [0.15, 0.2) is 0 Å². The van der Waals surface area contributed by atoms with E-state index in [1.165, 1.54) is 12.1 Å². The minimum Gasteiger partial charge on any atom is -0.322 e. The molecule has 0 aliphatic heterocycles. The van der Waals surface area contributed by atoms with E-state index in [4.69, 9.17) is 0 Å². The summed E-state index contributed by atoms with van der Waals surface area (Å²) in [5.74, 6) is 0. The van der Waals surface area contributed by atoms with Crippen LogP contribution in [0.1, 0.15) is 5.69 Å². The van der Waals surface area contributed by atoms with E-state index in [0.717, 1.165) is 34.6 Å². The fraction of sp³-hybridized carbons (Fsp3) is 0.0667. The van der Waals surface area contributed by atoms with Gasteiger partial charge in [-0.1, -0.05) is 24.3 Å². The molecule has 3 nitrogen and oxygen atoms in total. The maximum atomic E-state index is 12.6. The predicted octanol–water partition coefficient (Wildman–Crippen LogP) is 4.77. The van der Waals surface area contributed by atoms with Gasteiger partial charge in [-0.15, -0.1) is 0 Å². The van der Waals surface area contributed by atoms with Crippen molar-refractivity contribution in [3.05, 3.63) is 60.4 Å². The first-order valence-electron chi connectivity index (χ1n) is 6.35. The standard InChI is InChI=1S/C15H10F3N3S/c16-15(17,18)12-7-2-8-13(20-12)22-21-11-6-1-4-10-5-3-9-19-14(10)11/h1-9,21H. The highest BCUT2D eigenvalue weighted by atomic mass is 32.2. The summed E-state index contributed by atoms with van der Waals surface area (Å²) in [7, 11) is 0. The second kappa shape index (κ2) is 5.84. The van der Waals surface area contributed by atoms with Gasteiger partial charge in [0.05, 0.1) is 11.2 Å². The molecule has 0 unspecified atom stereocenters. The Bertz CT molecular complexity index is 800. The van der Waals surface area contributed by atoms with Crippen LogP contribution >= 0.6 is 11.9 Å². The Kier molecular flexibility index (Phi) is 3.89. The van der Waals surface area contributed by atoms with Gasteiger partial charge in [-0.2, -0.15) is 13.2 Å². The maximum Gasteiger partial charge on any atom is 0.433 e. The van der Waals surface area contributed by atoms with Crippen molar-refractivity contribution in [2.45, 2.75) is 11.2 Å². The van der Waals surface area contributed by atoms with Crippen LogP contribution in [0.4, 0.5) is 18.9 Å². The summed E-state index contributed by atoms with van der Waals surface area (Å²) in [4.78, 5) is 7.87. The average Bonchev–Trinajstić information content (AvgIpc) is 2.52. The molecule has 7 heteroatoms. The van der Waals surface area contributed by atoms with E-state index in [9.17, 15) is 13.2 Å². The third-order valence-electron chi connectivity index (χ3n) is 2.91. The number of nitrogens with zero attached hydrogens (tertiary/aromatic N) is 2. The number of hydrogen-bond donors (Lipinski definition) is 1. The van der Waals surface area contributed by atoms with Crippen LogP contribution in [0.2, 0.25) is 0 Å². The fourth-order valence-electron chi connectivity index (χ4n) is 1.92. The van der Waals surface area contributed by atoms with Gasteiger partial charge in [-0.25, -0.2) is 4.98 Å². The van der Waals surface area contributed by atoms with Gasteiger partial charge in [-0.3, -0.25) is 4.98 Å². The molecule has 0 saturated carbocycles. The molecule has 0 aliphatic carbocycles. The molecule has 2 aromatic heterocycles. The van der Waals surface area contributed by atoms with Crippen molar-refractivity contribution in [2.24, 2.45) is 0 Å². The van der Waals surface area contributed by atoms with Crippen molar-refractivity contribution >= 4 is 28.5 Å². The number of halogens is 3. The third-order valence-corrected chi connectivity index (χ3v) is 3.67. The molecule has 0 amide bonds. The van der Waals surface area contributed by atoms with Crippen LogP contribution in [0.15, 0.2) is 59.8 Å². The number of anilines is 1. The van der Waals surface area contributed by atoms with E-state index < -0.39 is 11.9 Å². The fourth-order valence-corrected chi connectivity index (χ4v) is 2.59. The summed E-state index contributed by atoms with van der Waals surface area (Å²) in [6, 6.07) is 13.1. The molecule has 1 aromatic carbocycles. The summed E-state index contributed by atoms with van der Waals surface area (Å²) in [5, 5.41) is 1.19. The van der Waals surface area contributed by atoms with Crippen LogP contribution in [0.5, 0.6) is 0 Å². The highest BCUT2D eigenvalue weighted by molar-refractivity contribution is 8.00. The lowest BCUT2D eigenvalue weighted by Crippen LogP contribution is -2.08. The monoisotopic (exact) mass is 321 g/mol. The van der Waals surface area contributed by atoms with Gasteiger partial charge in [0, 0.05) is 23.5 Å². The first kappa shape index (κ1) is 14.6. The summed E-state index contributed by atoms with van der Waals surface area (Å²) in [6.07, 6.45) is -2.78. The Balaban J connectivity index is 1.83. The van der Waals surface area contributed by atoms with Crippen molar-refractivity contribution < 1.29 is 13.2 Å². The number of alkyl halides is 3.